The zero-order valence-electron chi connectivity index (χ0n) is 19.2. The lowest BCUT2D eigenvalue weighted by Crippen LogP contribution is -2.50. The van der Waals surface area contributed by atoms with Gasteiger partial charge in [-0.25, -0.2) is 4.79 Å². The number of carbonyl (C=O) groups is 2. The maximum Gasteiger partial charge on any atom is 0.408 e. The van der Waals surface area contributed by atoms with Crippen LogP contribution in [0.2, 0.25) is 0 Å². The molecule has 0 aliphatic heterocycles. The van der Waals surface area contributed by atoms with Crippen LogP contribution in [0.3, 0.4) is 0 Å². The van der Waals surface area contributed by atoms with Gasteiger partial charge in [-0.3, -0.25) is 4.79 Å². The molecule has 0 spiro atoms. The topological polar surface area (TPSA) is 79.5 Å². The fraction of sp³-hybridized carbons (Fsp3) is 0.667. The van der Waals surface area contributed by atoms with E-state index in [4.69, 9.17) is 4.74 Å². The SMILES string of the molecule is CC(C)(C)OC(=O)NC(CSCC1CCCCC1)C(=O)NCCNCc1ccccc1. The zero-order valence-corrected chi connectivity index (χ0v) is 20.1. The summed E-state index contributed by atoms with van der Waals surface area (Å²) in [5, 5.41) is 9.03. The van der Waals surface area contributed by atoms with Crippen molar-refractivity contribution in [3.63, 3.8) is 0 Å². The molecule has 0 heterocycles. The predicted molar refractivity (Wildman–Crippen MR) is 128 cm³/mol. The van der Waals surface area contributed by atoms with Gasteiger partial charge in [0.15, 0.2) is 0 Å². The van der Waals surface area contributed by atoms with Gasteiger partial charge in [-0.1, -0.05) is 49.6 Å². The second kappa shape index (κ2) is 13.6. The Hall–Kier alpha value is -1.73. The van der Waals surface area contributed by atoms with Crippen molar-refractivity contribution < 1.29 is 14.3 Å². The lowest BCUT2D eigenvalue weighted by atomic mass is 9.91. The zero-order chi connectivity index (χ0) is 22.5. The van der Waals surface area contributed by atoms with E-state index in [2.05, 4.69) is 28.1 Å². The molecule has 1 unspecified atom stereocenters. The molecule has 1 aliphatic carbocycles. The minimum absolute atomic E-state index is 0.163. The first-order chi connectivity index (χ1) is 14.8. The average Bonchev–Trinajstić information content (AvgIpc) is 2.73. The summed E-state index contributed by atoms with van der Waals surface area (Å²) in [4.78, 5) is 25.0. The summed E-state index contributed by atoms with van der Waals surface area (Å²) >= 11 is 1.75. The van der Waals surface area contributed by atoms with E-state index in [9.17, 15) is 9.59 Å². The smallest absolute Gasteiger partial charge is 0.408 e. The van der Waals surface area contributed by atoms with E-state index in [-0.39, 0.29) is 5.91 Å². The minimum atomic E-state index is -0.599. The molecule has 1 fully saturated rings. The molecule has 1 aromatic carbocycles. The largest absolute Gasteiger partial charge is 0.444 e. The molecule has 2 rings (SSSR count). The summed E-state index contributed by atoms with van der Waals surface area (Å²) in [5.74, 6) is 2.16. The van der Waals surface area contributed by atoms with Crippen LogP contribution in [-0.4, -0.2) is 48.2 Å². The Balaban J connectivity index is 1.75. The first-order valence-corrected chi connectivity index (χ1v) is 12.6. The number of ether oxygens (including phenoxy) is 1. The van der Waals surface area contributed by atoms with Crippen molar-refractivity contribution in [1.82, 2.24) is 16.0 Å². The summed E-state index contributed by atoms with van der Waals surface area (Å²) in [5.41, 5.74) is 0.610. The van der Waals surface area contributed by atoms with E-state index in [1.165, 1.54) is 37.7 Å². The molecule has 1 aromatic rings. The van der Waals surface area contributed by atoms with Crippen molar-refractivity contribution in [2.75, 3.05) is 24.6 Å². The Kier molecular flexibility index (Phi) is 11.2. The highest BCUT2D eigenvalue weighted by molar-refractivity contribution is 7.99. The number of amides is 2. The van der Waals surface area contributed by atoms with Crippen LogP contribution in [-0.2, 0) is 16.1 Å². The second-order valence-electron chi connectivity index (χ2n) is 9.19. The van der Waals surface area contributed by atoms with Gasteiger partial charge < -0.3 is 20.7 Å². The van der Waals surface area contributed by atoms with Gasteiger partial charge in [0.05, 0.1) is 0 Å². The predicted octanol–water partition coefficient (Wildman–Crippen LogP) is 4.10. The van der Waals surface area contributed by atoms with Crippen LogP contribution in [0.5, 0.6) is 0 Å². The normalized spacial score (nSPS) is 15.8. The molecule has 7 heteroatoms. The van der Waals surface area contributed by atoms with Crippen LogP contribution in [0.15, 0.2) is 30.3 Å². The first-order valence-electron chi connectivity index (χ1n) is 11.4. The van der Waals surface area contributed by atoms with E-state index >= 15 is 0 Å². The average molecular weight is 450 g/mol. The number of nitrogens with one attached hydrogen (secondary N) is 3. The molecule has 1 atom stereocenters. The van der Waals surface area contributed by atoms with Crippen molar-refractivity contribution in [3.05, 3.63) is 35.9 Å². The number of hydrogen-bond donors (Lipinski definition) is 3. The van der Waals surface area contributed by atoms with Gasteiger partial charge in [-0.15, -0.1) is 0 Å². The van der Waals surface area contributed by atoms with Crippen molar-refractivity contribution >= 4 is 23.8 Å². The van der Waals surface area contributed by atoms with Gasteiger partial charge in [0.25, 0.3) is 0 Å². The maximum atomic E-state index is 12.7. The van der Waals surface area contributed by atoms with Crippen LogP contribution in [0.1, 0.15) is 58.4 Å². The summed E-state index contributed by atoms with van der Waals surface area (Å²) in [6.07, 6.45) is 5.95. The lowest BCUT2D eigenvalue weighted by Gasteiger charge is -2.24. The quantitative estimate of drug-likeness (QED) is 0.443. The number of hydrogen-bond acceptors (Lipinski definition) is 5. The van der Waals surface area contributed by atoms with Gasteiger partial charge >= 0.3 is 6.09 Å². The van der Waals surface area contributed by atoms with Gasteiger partial charge in [-0.2, -0.15) is 11.8 Å². The van der Waals surface area contributed by atoms with Crippen LogP contribution < -0.4 is 16.0 Å². The van der Waals surface area contributed by atoms with Crippen molar-refractivity contribution in [3.8, 4) is 0 Å². The Labute approximate surface area is 191 Å². The van der Waals surface area contributed by atoms with E-state index in [1.54, 1.807) is 11.8 Å². The molecule has 0 saturated heterocycles. The highest BCUT2D eigenvalue weighted by Crippen LogP contribution is 2.26. The molecule has 174 valence electrons. The Morgan fingerprint density at radius 1 is 1.10 bits per heavy atom. The van der Waals surface area contributed by atoms with Crippen LogP contribution >= 0.6 is 11.8 Å². The number of thioether (sulfide) groups is 1. The molecular weight excluding hydrogens is 410 g/mol. The number of alkyl carbamates (subject to hydrolysis) is 1. The van der Waals surface area contributed by atoms with Gasteiger partial charge in [-0.05, 0) is 50.8 Å². The Morgan fingerprint density at radius 2 is 1.81 bits per heavy atom. The fourth-order valence-electron chi connectivity index (χ4n) is 3.56. The highest BCUT2D eigenvalue weighted by atomic mass is 32.2. The summed E-state index contributed by atoms with van der Waals surface area (Å²) in [7, 11) is 0. The minimum Gasteiger partial charge on any atom is -0.444 e. The third-order valence-electron chi connectivity index (χ3n) is 5.14. The van der Waals surface area contributed by atoms with Crippen molar-refractivity contribution in [2.45, 2.75) is 71.1 Å². The summed E-state index contributed by atoms with van der Waals surface area (Å²) in [6, 6.07) is 9.55. The summed E-state index contributed by atoms with van der Waals surface area (Å²) in [6.45, 7) is 7.38. The van der Waals surface area contributed by atoms with E-state index in [0.717, 1.165) is 18.2 Å². The van der Waals surface area contributed by atoms with Gasteiger partial charge in [0.1, 0.15) is 11.6 Å². The fourth-order valence-corrected chi connectivity index (χ4v) is 4.84. The van der Waals surface area contributed by atoms with Gasteiger partial charge in [0.2, 0.25) is 5.91 Å². The maximum absolute atomic E-state index is 12.7. The Morgan fingerprint density at radius 3 is 2.48 bits per heavy atom. The standard InChI is InChI=1S/C24H39N3O3S/c1-24(2,3)30-23(29)27-21(18-31-17-20-12-8-5-9-13-20)22(28)26-15-14-25-16-19-10-6-4-7-11-19/h4,6-7,10-11,20-21,25H,5,8-9,12-18H2,1-3H3,(H,26,28)(H,27,29). The Bertz CT molecular complexity index is 658. The van der Waals surface area contributed by atoms with E-state index < -0.39 is 17.7 Å². The molecular formula is C24H39N3O3S. The highest BCUT2D eigenvalue weighted by Gasteiger charge is 2.25. The van der Waals surface area contributed by atoms with Crippen molar-refractivity contribution in [1.29, 1.82) is 0 Å². The summed E-state index contributed by atoms with van der Waals surface area (Å²) < 4.78 is 5.36. The van der Waals surface area contributed by atoms with Crippen LogP contribution in [0.4, 0.5) is 4.79 Å². The number of rotatable bonds is 11. The third kappa shape index (κ3) is 11.5. The molecule has 2 amide bonds. The van der Waals surface area contributed by atoms with Gasteiger partial charge in [0, 0.05) is 25.4 Å². The first kappa shape index (κ1) is 25.5. The number of carbonyl (C=O) groups excluding carboxylic acids is 2. The second-order valence-corrected chi connectivity index (χ2v) is 10.3. The van der Waals surface area contributed by atoms with E-state index in [1.807, 2.05) is 39.0 Å². The molecule has 3 N–H and O–H groups in total. The third-order valence-corrected chi connectivity index (χ3v) is 6.42. The molecule has 1 aliphatic rings. The molecule has 0 radical (unpaired) electrons. The molecule has 1 saturated carbocycles. The molecule has 31 heavy (non-hydrogen) atoms. The van der Waals surface area contributed by atoms with Crippen molar-refractivity contribution in [2.24, 2.45) is 5.92 Å². The molecule has 0 bridgehead atoms. The van der Waals surface area contributed by atoms with Crippen LogP contribution in [0, 0.1) is 5.92 Å². The molecule has 6 nitrogen and oxygen atoms in total. The lowest BCUT2D eigenvalue weighted by molar-refractivity contribution is -0.122. The molecule has 0 aromatic heterocycles. The number of benzene rings is 1. The monoisotopic (exact) mass is 449 g/mol. The van der Waals surface area contributed by atoms with Crippen LogP contribution in [0.25, 0.3) is 0 Å². The van der Waals surface area contributed by atoms with E-state index in [0.29, 0.717) is 18.8 Å².